The van der Waals surface area contributed by atoms with Crippen molar-refractivity contribution in [1.82, 2.24) is 15.5 Å². The molecule has 0 unspecified atom stereocenters. The van der Waals surface area contributed by atoms with E-state index in [1.807, 2.05) is 13.8 Å². The third-order valence-corrected chi connectivity index (χ3v) is 4.67. The van der Waals surface area contributed by atoms with Gasteiger partial charge in [-0.05, 0) is 38.2 Å². The second kappa shape index (κ2) is 6.39. The summed E-state index contributed by atoms with van der Waals surface area (Å²) in [7, 11) is 0. The number of hydrogen-bond donors (Lipinski definition) is 2. The van der Waals surface area contributed by atoms with Gasteiger partial charge in [-0.25, -0.2) is 0 Å². The van der Waals surface area contributed by atoms with Gasteiger partial charge < -0.3 is 11.1 Å². The highest BCUT2D eigenvalue weighted by Crippen LogP contribution is 2.34. The van der Waals surface area contributed by atoms with Crippen molar-refractivity contribution in [2.24, 2.45) is 5.92 Å². The first-order valence-electron chi connectivity index (χ1n) is 7.21. The fraction of sp³-hybridized carbons (Fsp3) is 0.533. The molecule has 0 atom stereocenters. The van der Waals surface area contributed by atoms with Crippen LogP contribution in [0.25, 0.3) is 10.2 Å². The molecule has 0 aromatic carbocycles. The maximum Gasteiger partial charge on any atom is 0.263 e. The fourth-order valence-corrected chi connectivity index (χ4v) is 3.22. The molecular formula is C15H22N4OS. The molecule has 2 rings (SSSR count). The van der Waals surface area contributed by atoms with Gasteiger partial charge in [-0.15, -0.1) is 16.4 Å². The van der Waals surface area contributed by atoms with Crippen molar-refractivity contribution in [2.45, 2.75) is 40.5 Å². The van der Waals surface area contributed by atoms with Gasteiger partial charge in [0.1, 0.15) is 9.71 Å². The Morgan fingerprint density at radius 2 is 2.05 bits per heavy atom. The van der Waals surface area contributed by atoms with Gasteiger partial charge in [-0.1, -0.05) is 13.8 Å². The first kappa shape index (κ1) is 15.7. The van der Waals surface area contributed by atoms with Gasteiger partial charge in [0, 0.05) is 11.9 Å². The Hall–Kier alpha value is -1.69. The number of nitrogens with one attached hydrogen (secondary N) is 1. The number of carbonyl (C=O) groups is 1. The maximum atomic E-state index is 12.2. The lowest BCUT2D eigenvalue weighted by atomic mass is 10.1. The summed E-state index contributed by atoms with van der Waals surface area (Å²) in [6, 6.07) is 0. The third kappa shape index (κ3) is 3.32. The highest BCUT2D eigenvalue weighted by atomic mass is 32.1. The summed E-state index contributed by atoms with van der Waals surface area (Å²) < 4.78 is 0. The van der Waals surface area contributed by atoms with Gasteiger partial charge >= 0.3 is 0 Å². The maximum absolute atomic E-state index is 12.2. The molecule has 0 saturated carbocycles. The number of hydrogen-bond acceptors (Lipinski definition) is 5. The minimum atomic E-state index is -0.115. The third-order valence-electron chi connectivity index (χ3n) is 3.59. The number of anilines is 1. The van der Waals surface area contributed by atoms with Crippen LogP contribution in [0.15, 0.2) is 0 Å². The molecule has 2 aromatic heterocycles. The molecule has 0 spiro atoms. The van der Waals surface area contributed by atoms with Gasteiger partial charge in [0.2, 0.25) is 0 Å². The van der Waals surface area contributed by atoms with Crippen LogP contribution in [0.4, 0.5) is 5.69 Å². The average molecular weight is 306 g/mol. The van der Waals surface area contributed by atoms with Crippen LogP contribution >= 0.6 is 11.3 Å². The van der Waals surface area contributed by atoms with Crippen molar-refractivity contribution in [2.75, 3.05) is 12.3 Å². The van der Waals surface area contributed by atoms with Crippen LogP contribution < -0.4 is 11.1 Å². The Morgan fingerprint density at radius 1 is 1.33 bits per heavy atom. The molecule has 1 amide bonds. The lowest BCUT2D eigenvalue weighted by Crippen LogP contribution is -2.24. The van der Waals surface area contributed by atoms with Crippen LogP contribution in [0.3, 0.4) is 0 Å². The molecule has 0 fully saturated rings. The predicted octanol–water partition coefficient (Wildman–Crippen LogP) is 3.06. The van der Waals surface area contributed by atoms with E-state index in [2.05, 4.69) is 29.4 Å². The number of nitrogens with two attached hydrogens (primary N) is 1. The minimum absolute atomic E-state index is 0.115. The smallest absolute Gasteiger partial charge is 0.263 e. The lowest BCUT2D eigenvalue weighted by Gasteiger charge is -2.06. The van der Waals surface area contributed by atoms with E-state index in [4.69, 9.17) is 5.73 Å². The Morgan fingerprint density at radius 3 is 2.71 bits per heavy atom. The molecule has 6 heteroatoms. The van der Waals surface area contributed by atoms with E-state index in [9.17, 15) is 4.79 Å². The Balaban J connectivity index is 2.17. The lowest BCUT2D eigenvalue weighted by molar-refractivity contribution is 0.0957. The largest absolute Gasteiger partial charge is 0.397 e. The zero-order valence-electron chi connectivity index (χ0n) is 13.0. The van der Waals surface area contributed by atoms with Crippen molar-refractivity contribution in [3.05, 3.63) is 16.1 Å². The Bertz CT molecular complexity index is 663. The topological polar surface area (TPSA) is 80.9 Å². The number of thiophene rings is 1. The summed E-state index contributed by atoms with van der Waals surface area (Å²) in [6.07, 6.45) is 2.08. The van der Waals surface area contributed by atoms with Crippen LogP contribution in [0.1, 0.15) is 47.6 Å². The highest BCUT2D eigenvalue weighted by Gasteiger charge is 2.19. The molecule has 21 heavy (non-hydrogen) atoms. The van der Waals surface area contributed by atoms with E-state index in [0.717, 1.165) is 34.3 Å². The first-order valence-corrected chi connectivity index (χ1v) is 8.03. The summed E-state index contributed by atoms with van der Waals surface area (Å²) in [5.74, 6) is 0.536. The SMILES string of the molecule is Cc1nnc2sc(C(=O)NCCCC(C)C)c(N)c2c1C. The van der Waals surface area contributed by atoms with Gasteiger partial charge in [-0.2, -0.15) is 5.10 Å². The normalized spacial score (nSPS) is 11.3. The van der Waals surface area contributed by atoms with Crippen LogP contribution in [-0.4, -0.2) is 22.6 Å². The monoisotopic (exact) mass is 306 g/mol. The number of aromatic nitrogens is 2. The van der Waals surface area contributed by atoms with E-state index in [1.165, 1.54) is 11.3 Å². The number of nitrogen functional groups attached to an aromatic ring is 1. The Kier molecular flexibility index (Phi) is 4.77. The zero-order valence-corrected chi connectivity index (χ0v) is 13.8. The molecule has 0 aliphatic rings. The molecule has 3 N–H and O–H groups in total. The molecule has 5 nitrogen and oxygen atoms in total. The Labute approximate surface area is 128 Å². The number of fused-ring (bicyclic) bond motifs is 1. The number of nitrogens with zero attached hydrogens (tertiary/aromatic N) is 2. The number of amides is 1. The minimum Gasteiger partial charge on any atom is -0.397 e. The predicted molar refractivity (Wildman–Crippen MR) is 87.7 cm³/mol. The van der Waals surface area contributed by atoms with Crippen molar-refractivity contribution in [3.63, 3.8) is 0 Å². The zero-order chi connectivity index (χ0) is 15.6. The van der Waals surface area contributed by atoms with Gasteiger partial charge in [0.05, 0.1) is 11.4 Å². The van der Waals surface area contributed by atoms with Gasteiger partial charge in [0.15, 0.2) is 0 Å². The molecule has 2 aromatic rings. The second-order valence-electron chi connectivity index (χ2n) is 5.73. The highest BCUT2D eigenvalue weighted by molar-refractivity contribution is 7.21. The molecular weight excluding hydrogens is 284 g/mol. The van der Waals surface area contributed by atoms with Gasteiger partial charge in [-0.3, -0.25) is 4.79 Å². The molecule has 0 saturated heterocycles. The van der Waals surface area contributed by atoms with Crippen LogP contribution in [-0.2, 0) is 0 Å². The first-order chi connectivity index (χ1) is 9.91. The van der Waals surface area contributed by atoms with Crippen molar-refractivity contribution in [3.8, 4) is 0 Å². The summed E-state index contributed by atoms with van der Waals surface area (Å²) in [5.41, 5.74) is 8.50. The van der Waals surface area contributed by atoms with Crippen molar-refractivity contribution < 1.29 is 4.79 Å². The van der Waals surface area contributed by atoms with E-state index in [1.54, 1.807) is 0 Å². The van der Waals surface area contributed by atoms with E-state index >= 15 is 0 Å². The van der Waals surface area contributed by atoms with Crippen LogP contribution in [0.5, 0.6) is 0 Å². The quantitative estimate of drug-likeness (QED) is 0.832. The molecule has 0 aliphatic carbocycles. The summed E-state index contributed by atoms with van der Waals surface area (Å²) in [4.78, 5) is 13.5. The second-order valence-corrected chi connectivity index (χ2v) is 6.73. The van der Waals surface area contributed by atoms with Crippen LogP contribution in [0.2, 0.25) is 0 Å². The van der Waals surface area contributed by atoms with E-state index in [0.29, 0.717) is 23.0 Å². The molecule has 0 bridgehead atoms. The molecule has 0 aliphatic heterocycles. The molecule has 114 valence electrons. The summed E-state index contributed by atoms with van der Waals surface area (Å²) in [6.45, 7) is 8.88. The van der Waals surface area contributed by atoms with Crippen LogP contribution in [0, 0.1) is 19.8 Å². The average Bonchev–Trinajstić information content (AvgIpc) is 2.76. The summed E-state index contributed by atoms with van der Waals surface area (Å²) in [5, 5.41) is 12.0. The summed E-state index contributed by atoms with van der Waals surface area (Å²) >= 11 is 1.31. The number of aryl methyl sites for hydroxylation is 2. The molecule has 2 heterocycles. The van der Waals surface area contributed by atoms with E-state index < -0.39 is 0 Å². The van der Waals surface area contributed by atoms with Crippen molar-refractivity contribution >= 4 is 33.1 Å². The van der Waals surface area contributed by atoms with E-state index in [-0.39, 0.29) is 5.91 Å². The standard InChI is InChI=1S/C15H22N4OS/c1-8(2)6-5-7-17-14(20)13-12(16)11-9(3)10(4)18-19-15(11)21-13/h8H,5-7,16H2,1-4H3,(H,17,20). The number of rotatable bonds is 5. The molecule has 0 radical (unpaired) electrons. The fourth-order valence-electron chi connectivity index (χ4n) is 2.20. The number of carbonyl (C=O) groups excluding carboxylic acids is 1. The van der Waals surface area contributed by atoms with Gasteiger partial charge in [0.25, 0.3) is 5.91 Å². The van der Waals surface area contributed by atoms with Crippen molar-refractivity contribution in [1.29, 1.82) is 0 Å².